The molecular formula is C28H32FN3O4. The Hall–Kier alpha value is -3.55. The van der Waals surface area contributed by atoms with Crippen LogP contribution < -0.4 is 5.32 Å². The van der Waals surface area contributed by atoms with Crippen molar-refractivity contribution in [1.29, 1.82) is 0 Å². The molecule has 7 nitrogen and oxygen atoms in total. The number of nitrogens with one attached hydrogen (secondary N) is 1. The molecule has 2 aromatic carbocycles. The van der Waals surface area contributed by atoms with Gasteiger partial charge in [-0.25, -0.2) is 4.39 Å². The van der Waals surface area contributed by atoms with Gasteiger partial charge in [-0.3, -0.25) is 24.1 Å². The second-order valence-electron chi connectivity index (χ2n) is 9.47. The smallest absolute Gasteiger partial charge is 0.261 e. The van der Waals surface area contributed by atoms with Crippen molar-refractivity contribution in [2.45, 2.75) is 70.5 Å². The fourth-order valence-corrected chi connectivity index (χ4v) is 5.05. The van der Waals surface area contributed by atoms with Gasteiger partial charge in [0.05, 0.1) is 11.1 Å². The summed E-state index contributed by atoms with van der Waals surface area (Å²) in [5.74, 6) is -1.50. The Morgan fingerprint density at radius 2 is 1.64 bits per heavy atom. The zero-order valence-electron chi connectivity index (χ0n) is 20.5. The van der Waals surface area contributed by atoms with Gasteiger partial charge in [-0.15, -0.1) is 0 Å². The maximum Gasteiger partial charge on any atom is 0.261 e. The molecule has 0 radical (unpaired) electrons. The van der Waals surface area contributed by atoms with Gasteiger partial charge >= 0.3 is 0 Å². The summed E-state index contributed by atoms with van der Waals surface area (Å²) in [6.45, 7) is 2.15. The number of nitrogens with zero attached hydrogens (tertiary/aromatic N) is 2. The minimum Gasteiger partial charge on any atom is -0.352 e. The fourth-order valence-electron chi connectivity index (χ4n) is 5.05. The standard InChI is InChI=1S/C28H32FN3O4/c1-2-24(26(34)30-21-8-3-4-9-21)32(18-19-13-15-20(29)16-14-19)25(33)12-7-17-31-27(35)22-10-5-6-11-23(22)28(31)36/h5-6,10-11,13-16,21,24H,2-4,7-9,12,17-18H2,1H3,(H,30,34)/t24-/m0/s1. The molecule has 0 aromatic heterocycles. The molecule has 0 spiro atoms. The highest BCUT2D eigenvalue weighted by Crippen LogP contribution is 2.23. The molecule has 2 aliphatic rings. The first kappa shape index (κ1) is 25.5. The first-order chi connectivity index (χ1) is 17.4. The lowest BCUT2D eigenvalue weighted by Gasteiger charge is -2.31. The summed E-state index contributed by atoms with van der Waals surface area (Å²) in [6, 6.07) is 12.0. The van der Waals surface area contributed by atoms with Crippen LogP contribution >= 0.6 is 0 Å². The molecule has 190 valence electrons. The van der Waals surface area contributed by atoms with Crippen molar-refractivity contribution >= 4 is 23.6 Å². The number of fused-ring (bicyclic) bond motifs is 1. The van der Waals surface area contributed by atoms with E-state index >= 15 is 0 Å². The maximum atomic E-state index is 13.4. The fraction of sp³-hybridized carbons (Fsp3) is 0.429. The van der Waals surface area contributed by atoms with E-state index in [0.717, 1.165) is 31.2 Å². The summed E-state index contributed by atoms with van der Waals surface area (Å²) in [5.41, 5.74) is 1.47. The van der Waals surface area contributed by atoms with E-state index in [0.29, 0.717) is 17.5 Å². The molecule has 36 heavy (non-hydrogen) atoms. The number of amides is 4. The van der Waals surface area contributed by atoms with Gasteiger partial charge < -0.3 is 10.2 Å². The second kappa shape index (κ2) is 11.5. The van der Waals surface area contributed by atoms with Crippen LogP contribution in [0.15, 0.2) is 48.5 Å². The maximum absolute atomic E-state index is 13.4. The number of benzene rings is 2. The molecule has 4 rings (SSSR count). The number of halogens is 1. The summed E-state index contributed by atoms with van der Waals surface area (Å²) in [7, 11) is 0. The highest BCUT2D eigenvalue weighted by Gasteiger charge is 2.35. The zero-order valence-corrected chi connectivity index (χ0v) is 20.5. The van der Waals surface area contributed by atoms with E-state index in [-0.39, 0.29) is 61.4 Å². The average molecular weight is 494 g/mol. The first-order valence-corrected chi connectivity index (χ1v) is 12.7. The van der Waals surface area contributed by atoms with Gasteiger partial charge in [0.2, 0.25) is 11.8 Å². The third kappa shape index (κ3) is 5.64. The molecule has 8 heteroatoms. The number of carbonyl (C=O) groups is 4. The molecule has 0 bridgehead atoms. The van der Waals surface area contributed by atoms with Crippen LogP contribution in [-0.4, -0.2) is 52.1 Å². The molecule has 0 unspecified atom stereocenters. The van der Waals surface area contributed by atoms with Crippen LogP contribution in [0, 0.1) is 5.82 Å². The van der Waals surface area contributed by atoms with E-state index in [1.807, 2.05) is 6.92 Å². The molecular weight excluding hydrogens is 461 g/mol. The van der Waals surface area contributed by atoms with E-state index in [2.05, 4.69) is 5.32 Å². The van der Waals surface area contributed by atoms with Crippen molar-refractivity contribution in [2.24, 2.45) is 0 Å². The molecule has 1 N–H and O–H groups in total. The minimum atomic E-state index is -0.664. The van der Waals surface area contributed by atoms with Crippen molar-refractivity contribution in [3.8, 4) is 0 Å². The molecule has 1 heterocycles. The van der Waals surface area contributed by atoms with E-state index < -0.39 is 6.04 Å². The SMILES string of the molecule is CC[C@@H](C(=O)NC1CCCC1)N(Cc1ccc(F)cc1)C(=O)CCCN1C(=O)c2ccccc2C1=O. The Morgan fingerprint density at radius 3 is 2.22 bits per heavy atom. The Morgan fingerprint density at radius 1 is 1.03 bits per heavy atom. The molecule has 2 aromatic rings. The zero-order chi connectivity index (χ0) is 25.7. The lowest BCUT2D eigenvalue weighted by atomic mass is 10.1. The van der Waals surface area contributed by atoms with Gasteiger partial charge in [0, 0.05) is 25.6 Å². The predicted octanol–water partition coefficient (Wildman–Crippen LogP) is 4.07. The van der Waals surface area contributed by atoms with Gasteiger partial charge in [-0.2, -0.15) is 0 Å². The minimum absolute atomic E-state index is 0.0712. The summed E-state index contributed by atoms with van der Waals surface area (Å²) in [4.78, 5) is 54.5. The van der Waals surface area contributed by atoms with Crippen LogP contribution in [-0.2, 0) is 16.1 Å². The normalized spacial score (nSPS) is 16.2. The molecule has 1 fully saturated rings. The quantitative estimate of drug-likeness (QED) is 0.506. The van der Waals surface area contributed by atoms with Crippen molar-refractivity contribution in [3.05, 3.63) is 71.0 Å². The summed E-state index contributed by atoms with van der Waals surface area (Å²) < 4.78 is 13.4. The summed E-state index contributed by atoms with van der Waals surface area (Å²) in [5, 5.41) is 3.09. The third-order valence-corrected chi connectivity index (χ3v) is 7.00. The predicted molar refractivity (Wildman–Crippen MR) is 132 cm³/mol. The Bertz CT molecular complexity index is 1090. The number of hydrogen-bond donors (Lipinski definition) is 1. The third-order valence-electron chi connectivity index (χ3n) is 7.00. The van der Waals surface area contributed by atoms with Crippen LogP contribution in [0.1, 0.15) is 78.1 Å². The van der Waals surface area contributed by atoms with E-state index in [9.17, 15) is 23.6 Å². The van der Waals surface area contributed by atoms with Gasteiger partial charge in [0.15, 0.2) is 0 Å². The molecule has 0 saturated heterocycles. The van der Waals surface area contributed by atoms with E-state index in [1.54, 1.807) is 41.3 Å². The van der Waals surface area contributed by atoms with Crippen LogP contribution in [0.5, 0.6) is 0 Å². The second-order valence-corrected chi connectivity index (χ2v) is 9.47. The van der Waals surface area contributed by atoms with Crippen molar-refractivity contribution in [2.75, 3.05) is 6.54 Å². The topological polar surface area (TPSA) is 86.8 Å². The number of rotatable bonds is 10. The van der Waals surface area contributed by atoms with E-state index in [1.165, 1.54) is 17.0 Å². The van der Waals surface area contributed by atoms with Crippen LogP contribution in [0.3, 0.4) is 0 Å². The Labute approximate surface area is 210 Å². The Balaban J connectivity index is 1.43. The van der Waals surface area contributed by atoms with Crippen molar-refractivity contribution in [3.63, 3.8) is 0 Å². The highest BCUT2D eigenvalue weighted by atomic mass is 19.1. The largest absolute Gasteiger partial charge is 0.352 e. The molecule has 1 saturated carbocycles. The lowest BCUT2D eigenvalue weighted by Crippen LogP contribution is -2.51. The number of imide groups is 1. The van der Waals surface area contributed by atoms with Gasteiger partial charge in [-0.1, -0.05) is 44.0 Å². The first-order valence-electron chi connectivity index (χ1n) is 12.7. The van der Waals surface area contributed by atoms with Crippen LogP contribution in [0.4, 0.5) is 4.39 Å². The van der Waals surface area contributed by atoms with Crippen molar-refractivity contribution < 1.29 is 23.6 Å². The van der Waals surface area contributed by atoms with Crippen LogP contribution in [0.2, 0.25) is 0 Å². The monoisotopic (exact) mass is 493 g/mol. The Kier molecular flexibility index (Phi) is 8.13. The highest BCUT2D eigenvalue weighted by molar-refractivity contribution is 6.21. The average Bonchev–Trinajstić information content (AvgIpc) is 3.47. The summed E-state index contributed by atoms with van der Waals surface area (Å²) in [6.07, 6.45) is 4.83. The van der Waals surface area contributed by atoms with Crippen LogP contribution in [0.25, 0.3) is 0 Å². The summed E-state index contributed by atoms with van der Waals surface area (Å²) >= 11 is 0. The molecule has 1 aliphatic heterocycles. The van der Waals surface area contributed by atoms with Gasteiger partial charge in [0.1, 0.15) is 11.9 Å². The van der Waals surface area contributed by atoms with Crippen molar-refractivity contribution in [1.82, 2.24) is 15.1 Å². The number of hydrogen-bond acceptors (Lipinski definition) is 4. The number of carbonyl (C=O) groups excluding carboxylic acids is 4. The molecule has 1 aliphatic carbocycles. The van der Waals surface area contributed by atoms with E-state index in [4.69, 9.17) is 0 Å². The molecule has 1 atom stereocenters. The lowest BCUT2D eigenvalue weighted by molar-refractivity contribution is -0.141. The molecule has 4 amide bonds. The van der Waals surface area contributed by atoms with Gasteiger partial charge in [0.25, 0.3) is 11.8 Å². The van der Waals surface area contributed by atoms with Gasteiger partial charge in [-0.05, 0) is 55.5 Å².